The lowest BCUT2D eigenvalue weighted by atomic mass is 10.0. The van der Waals surface area contributed by atoms with Crippen LogP contribution in [0.3, 0.4) is 0 Å². The van der Waals surface area contributed by atoms with Crippen molar-refractivity contribution >= 4 is 23.9 Å². The molecule has 8 heteroatoms. The highest BCUT2D eigenvalue weighted by Crippen LogP contribution is 2.08. The Kier molecular flexibility index (Phi) is 10.3. The number of hydrogen-bond donors (Lipinski definition) is 3. The van der Waals surface area contributed by atoms with Gasteiger partial charge in [0.05, 0.1) is 0 Å². The molecule has 8 nitrogen and oxygen atoms in total. The maximum atomic E-state index is 12.5. The number of nitrogens with zero attached hydrogens (tertiary/aromatic N) is 1. The SMILES string of the molecule is CCC(CC)CNC(=O)Cn1cccc(NC(=CCCCC=O)C(=O)O)c1=O. The number of aldehydes is 1. The predicted octanol–water partition coefficient (Wildman–Crippen LogP) is 2.15. The number of allylic oxidation sites excluding steroid dienone is 1. The van der Waals surface area contributed by atoms with Gasteiger partial charge in [0.25, 0.3) is 5.56 Å². The minimum atomic E-state index is -1.20. The Bertz CT molecular complexity index is 750. The second-order valence-corrected chi connectivity index (χ2v) is 6.49. The molecule has 0 atom stereocenters. The molecule has 0 bridgehead atoms. The second-order valence-electron chi connectivity index (χ2n) is 6.49. The zero-order valence-electron chi connectivity index (χ0n) is 16.4. The molecule has 1 amide bonds. The minimum Gasteiger partial charge on any atom is -0.477 e. The molecule has 3 N–H and O–H groups in total. The number of rotatable bonds is 13. The Morgan fingerprint density at radius 2 is 1.96 bits per heavy atom. The fourth-order valence-corrected chi connectivity index (χ4v) is 2.59. The quantitative estimate of drug-likeness (QED) is 0.269. The van der Waals surface area contributed by atoms with Gasteiger partial charge in [-0.15, -0.1) is 0 Å². The van der Waals surface area contributed by atoms with Gasteiger partial charge in [-0.25, -0.2) is 4.79 Å². The molecule has 0 aliphatic heterocycles. The van der Waals surface area contributed by atoms with E-state index < -0.39 is 11.5 Å². The first-order valence-electron chi connectivity index (χ1n) is 9.53. The van der Waals surface area contributed by atoms with Crippen molar-refractivity contribution in [2.45, 2.75) is 52.5 Å². The van der Waals surface area contributed by atoms with Crippen LogP contribution in [0.25, 0.3) is 0 Å². The van der Waals surface area contributed by atoms with Gasteiger partial charge in [-0.05, 0) is 30.9 Å². The zero-order chi connectivity index (χ0) is 20.9. The zero-order valence-corrected chi connectivity index (χ0v) is 16.4. The van der Waals surface area contributed by atoms with Crippen molar-refractivity contribution in [2.24, 2.45) is 5.92 Å². The van der Waals surface area contributed by atoms with E-state index in [-0.39, 0.29) is 23.8 Å². The number of anilines is 1. The first kappa shape index (κ1) is 23.1. The van der Waals surface area contributed by atoms with E-state index in [9.17, 15) is 24.3 Å². The molecule has 1 aromatic rings. The van der Waals surface area contributed by atoms with E-state index in [0.717, 1.165) is 19.1 Å². The highest BCUT2D eigenvalue weighted by atomic mass is 16.4. The van der Waals surface area contributed by atoms with Crippen molar-refractivity contribution in [1.29, 1.82) is 0 Å². The van der Waals surface area contributed by atoms with Crippen molar-refractivity contribution in [1.82, 2.24) is 9.88 Å². The molecule has 0 fully saturated rings. The Hall–Kier alpha value is -2.90. The highest BCUT2D eigenvalue weighted by molar-refractivity contribution is 5.90. The largest absolute Gasteiger partial charge is 0.477 e. The molecular weight excluding hydrogens is 362 g/mol. The number of carboxylic acids is 1. The van der Waals surface area contributed by atoms with Crippen molar-refractivity contribution < 1.29 is 19.5 Å². The Morgan fingerprint density at radius 1 is 1.25 bits per heavy atom. The Balaban J connectivity index is 2.82. The highest BCUT2D eigenvalue weighted by Gasteiger charge is 2.13. The maximum Gasteiger partial charge on any atom is 0.351 e. The fourth-order valence-electron chi connectivity index (χ4n) is 2.59. The molecule has 0 aliphatic rings. The van der Waals surface area contributed by atoms with E-state index in [4.69, 9.17) is 0 Å². The van der Waals surface area contributed by atoms with E-state index in [1.54, 1.807) is 6.07 Å². The van der Waals surface area contributed by atoms with E-state index in [0.29, 0.717) is 31.7 Å². The van der Waals surface area contributed by atoms with Crippen LogP contribution in [0.1, 0.15) is 46.0 Å². The summed E-state index contributed by atoms with van der Waals surface area (Å²) in [6.07, 6.45) is 6.88. The van der Waals surface area contributed by atoms with Crippen molar-refractivity contribution in [3.8, 4) is 0 Å². The molecule has 0 radical (unpaired) electrons. The molecule has 0 spiro atoms. The second kappa shape index (κ2) is 12.5. The van der Waals surface area contributed by atoms with Gasteiger partial charge in [0.1, 0.15) is 24.2 Å². The molecule has 0 saturated heterocycles. The average molecular weight is 391 g/mol. The third kappa shape index (κ3) is 7.77. The molecule has 0 aromatic carbocycles. The summed E-state index contributed by atoms with van der Waals surface area (Å²) in [5, 5.41) is 14.7. The molecular formula is C20H29N3O5. The summed E-state index contributed by atoms with van der Waals surface area (Å²) < 4.78 is 1.23. The number of nitrogens with one attached hydrogen (secondary N) is 2. The van der Waals surface area contributed by atoms with Gasteiger partial charge >= 0.3 is 5.97 Å². The number of pyridine rings is 1. The minimum absolute atomic E-state index is 0.0688. The van der Waals surface area contributed by atoms with Crippen LogP contribution in [0.15, 0.2) is 34.9 Å². The first-order valence-corrected chi connectivity index (χ1v) is 9.53. The van der Waals surface area contributed by atoms with Crippen LogP contribution >= 0.6 is 0 Å². The number of hydrogen-bond acceptors (Lipinski definition) is 5. The van der Waals surface area contributed by atoms with Crippen molar-refractivity contribution in [2.75, 3.05) is 11.9 Å². The molecule has 0 saturated carbocycles. The van der Waals surface area contributed by atoms with Crippen LogP contribution in [-0.2, 0) is 20.9 Å². The summed E-state index contributed by atoms with van der Waals surface area (Å²) in [7, 11) is 0. The summed E-state index contributed by atoms with van der Waals surface area (Å²) in [5.41, 5.74) is -0.557. The van der Waals surface area contributed by atoms with Crippen LogP contribution in [0, 0.1) is 5.92 Å². The molecule has 1 rings (SSSR count). The van der Waals surface area contributed by atoms with Gasteiger partial charge in [-0.1, -0.05) is 32.8 Å². The van der Waals surface area contributed by atoms with Gasteiger partial charge in [0, 0.05) is 19.2 Å². The molecule has 1 heterocycles. The lowest BCUT2D eigenvalue weighted by Crippen LogP contribution is -2.35. The predicted molar refractivity (Wildman–Crippen MR) is 107 cm³/mol. The summed E-state index contributed by atoms with van der Waals surface area (Å²) >= 11 is 0. The third-order valence-electron chi connectivity index (χ3n) is 4.45. The van der Waals surface area contributed by atoms with E-state index in [1.807, 2.05) is 0 Å². The third-order valence-corrected chi connectivity index (χ3v) is 4.45. The van der Waals surface area contributed by atoms with Crippen LogP contribution in [0.5, 0.6) is 0 Å². The van der Waals surface area contributed by atoms with Gasteiger partial charge in [-0.2, -0.15) is 0 Å². The topological polar surface area (TPSA) is 118 Å². The van der Waals surface area contributed by atoms with Crippen LogP contribution in [0.4, 0.5) is 5.69 Å². The van der Waals surface area contributed by atoms with Gasteiger partial charge in [0.2, 0.25) is 5.91 Å². The molecule has 0 aliphatic carbocycles. The number of aliphatic carboxylic acids is 1. The summed E-state index contributed by atoms with van der Waals surface area (Å²) in [6.45, 7) is 4.55. The monoisotopic (exact) mass is 391 g/mol. The lowest BCUT2D eigenvalue weighted by Gasteiger charge is -2.14. The molecule has 28 heavy (non-hydrogen) atoms. The van der Waals surface area contributed by atoms with Gasteiger partial charge < -0.3 is 25.1 Å². The summed E-state index contributed by atoms with van der Waals surface area (Å²) in [5.74, 6) is -1.08. The number of carboxylic acid groups (broad SMARTS) is 1. The fraction of sp³-hybridized carbons (Fsp3) is 0.500. The first-order chi connectivity index (χ1) is 13.4. The normalized spacial score (nSPS) is 11.3. The number of aromatic nitrogens is 1. The summed E-state index contributed by atoms with van der Waals surface area (Å²) in [6, 6.07) is 3.03. The average Bonchev–Trinajstić information content (AvgIpc) is 2.67. The molecule has 0 unspecified atom stereocenters. The van der Waals surface area contributed by atoms with Crippen LogP contribution in [-0.4, -0.2) is 34.4 Å². The van der Waals surface area contributed by atoms with Crippen LogP contribution < -0.4 is 16.2 Å². The number of unbranched alkanes of at least 4 members (excludes halogenated alkanes) is 2. The van der Waals surface area contributed by atoms with E-state index in [2.05, 4.69) is 24.5 Å². The van der Waals surface area contributed by atoms with Gasteiger partial charge in [0.15, 0.2) is 0 Å². The molecule has 154 valence electrons. The standard InChI is InChI=1S/C20H29N3O5/c1-3-15(4-2)13-21-18(25)14-23-11-8-10-16(19(23)26)22-17(20(27)28)9-6-5-7-12-24/h8-12,15,22H,3-7,13-14H2,1-2H3,(H,21,25)(H,27,28). The Labute approximate surface area is 164 Å². The number of carbonyl (C=O) groups excluding carboxylic acids is 2. The summed E-state index contributed by atoms with van der Waals surface area (Å²) in [4.78, 5) is 46.4. The smallest absolute Gasteiger partial charge is 0.351 e. The van der Waals surface area contributed by atoms with E-state index >= 15 is 0 Å². The van der Waals surface area contributed by atoms with Crippen molar-refractivity contribution in [3.05, 3.63) is 40.5 Å². The Morgan fingerprint density at radius 3 is 2.57 bits per heavy atom. The van der Waals surface area contributed by atoms with Crippen molar-refractivity contribution in [3.63, 3.8) is 0 Å². The number of amides is 1. The maximum absolute atomic E-state index is 12.5. The molecule has 1 aromatic heterocycles. The number of carbonyl (C=O) groups is 3. The lowest BCUT2D eigenvalue weighted by molar-refractivity contribution is -0.132. The van der Waals surface area contributed by atoms with Gasteiger partial charge in [-0.3, -0.25) is 9.59 Å². The van der Waals surface area contributed by atoms with Crippen LogP contribution in [0.2, 0.25) is 0 Å². The van der Waals surface area contributed by atoms with E-state index in [1.165, 1.54) is 22.9 Å².